The van der Waals surface area contributed by atoms with Crippen molar-refractivity contribution in [2.45, 2.75) is 45.1 Å². The highest BCUT2D eigenvalue weighted by Gasteiger charge is 2.24. The summed E-state index contributed by atoms with van der Waals surface area (Å²) >= 11 is 0. The Morgan fingerprint density at radius 3 is 2.76 bits per heavy atom. The van der Waals surface area contributed by atoms with Gasteiger partial charge in [0.2, 0.25) is 0 Å². The minimum atomic E-state index is -0.125. The van der Waals surface area contributed by atoms with Gasteiger partial charge in [0, 0.05) is 6.04 Å². The molecule has 0 spiro atoms. The van der Waals surface area contributed by atoms with Crippen molar-refractivity contribution in [3.63, 3.8) is 0 Å². The molecule has 0 aliphatic heterocycles. The Labute approximate surface area is 103 Å². The third-order valence-electron chi connectivity index (χ3n) is 4.07. The fourth-order valence-corrected chi connectivity index (χ4v) is 3.00. The minimum absolute atomic E-state index is 0.125. The molecule has 0 bridgehead atoms. The van der Waals surface area contributed by atoms with E-state index in [-0.39, 0.29) is 5.82 Å². The molecule has 2 heteroatoms. The quantitative estimate of drug-likeness (QED) is 0.846. The van der Waals surface area contributed by atoms with E-state index >= 15 is 0 Å². The van der Waals surface area contributed by atoms with Crippen molar-refractivity contribution in [2.75, 3.05) is 7.05 Å². The first-order chi connectivity index (χ1) is 8.20. The second-order valence-electron chi connectivity index (χ2n) is 5.21. The first-order valence-electron chi connectivity index (χ1n) is 6.63. The van der Waals surface area contributed by atoms with Gasteiger partial charge in [0.25, 0.3) is 0 Å². The molecule has 1 N–H and O–H groups in total. The smallest absolute Gasteiger partial charge is 0.123 e. The molecule has 1 aromatic rings. The molecule has 1 aromatic carbocycles. The van der Waals surface area contributed by atoms with Gasteiger partial charge in [-0.25, -0.2) is 4.39 Å². The van der Waals surface area contributed by atoms with Crippen LogP contribution in [0, 0.1) is 18.7 Å². The number of hydrogen-bond donors (Lipinski definition) is 1. The highest BCUT2D eigenvalue weighted by molar-refractivity contribution is 5.27. The molecule has 0 amide bonds. The molecular formula is C15H22FN. The molecule has 17 heavy (non-hydrogen) atoms. The highest BCUT2D eigenvalue weighted by atomic mass is 19.1. The van der Waals surface area contributed by atoms with E-state index in [0.717, 1.165) is 12.0 Å². The average Bonchev–Trinajstić information content (AvgIpc) is 2.33. The molecule has 1 saturated carbocycles. The van der Waals surface area contributed by atoms with Crippen LogP contribution in [0.2, 0.25) is 0 Å². The zero-order valence-electron chi connectivity index (χ0n) is 10.8. The van der Waals surface area contributed by atoms with Gasteiger partial charge in [0.1, 0.15) is 5.82 Å². The molecule has 1 fully saturated rings. The number of aryl methyl sites for hydroxylation is 1. The Morgan fingerprint density at radius 2 is 2.06 bits per heavy atom. The summed E-state index contributed by atoms with van der Waals surface area (Å²) in [6.07, 6.45) is 6.33. The second-order valence-corrected chi connectivity index (χ2v) is 5.21. The summed E-state index contributed by atoms with van der Waals surface area (Å²) in [4.78, 5) is 0. The maximum absolute atomic E-state index is 13.1. The normalized spacial score (nSPS) is 24.9. The van der Waals surface area contributed by atoms with Crippen molar-refractivity contribution in [2.24, 2.45) is 5.92 Å². The Balaban J connectivity index is 2.08. The van der Waals surface area contributed by atoms with Gasteiger partial charge in [-0.2, -0.15) is 0 Å². The van der Waals surface area contributed by atoms with Gasteiger partial charge in [0.15, 0.2) is 0 Å². The summed E-state index contributed by atoms with van der Waals surface area (Å²) in [6.45, 7) is 2.01. The lowest BCUT2D eigenvalue weighted by Gasteiger charge is -2.31. The Hall–Kier alpha value is -0.890. The summed E-state index contributed by atoms with van der Waals surface area (Å²) in [5.41, 5.74) is 2.39. The van der Waals surface area contributed by atoms with Gasteiger partial charge >= 0.3 is 0 Å². The van der Waals surface area contributed by atoms with E-state index in [2.05, 4.69) is 12.4 Å². The molecule has 0 radical (unpaired) electrons. The van der Waals surface area contributed by atoms with Gasteiger partial charge in [-0.15, -0.1) is 0 Å². The second kappa shape index (κ2) is 5.63. The zero-order chi connectivity index (χ0) is 12.3. The zero-order valence-corrected chi connectivity index (χ0v) is 10.8. The molecule has 1 aliphatic rings. The maximum atomic E-state index is 13.1. The Kier molecular flexibility index (Phi) is 4.16. The van der Waals surface area contributed by atoms with Gasteiger partial charge in [-0.05, 0) is 62.4 Å². The third kappa shape index (κ3) is 3.06. The summed E-state index contributed by atoms with van der Waals surface area (Å²) in [5, 5.41) is 3.43. The van der Waals surface area contributed by atoms with Crippen molar-refractivity contribution < 1.29 is 4.39 Å². The summed E-state index contributed by atoms with van der Waals surface area (Å²) in [6, 6.07) is 5.81. The lowest BCUT2D eigenvalue weighted by molar-refractivity contribution is 0.272. The predicted molar refractivity (Wildman–Crippen MR) is 69.6 cm³/mol. The number of hydrogen-bond acceptors (Lipinski definition) is 1. The molecule has 2 rings (SSSR count). The summed E-state index contributed by atoms with van der Waals surface area (Å²) in [7, 11) is 2.06. The first kappa shape index (κ1) is 12.6. The molecule has 0 aromatic heterocycles. The van der Waals surface area contributed by atoms with E-state index in [4.69, 9.17) is 0 Å². The van der Waals surface area contributed by atoms with Crippen LogP contribution >= 0.6 is 0 Å². The third-order valence-corrected chi connectivity index (χ3v) is 4.07. The van der Waals surface area contributed by atoms with Gasteiger partial charge in [-0.1, -0.05) is 18.9 Å². The van der Waals surface area contributed by atoms with E-state index < -0.39 is 0 Å². The van der Waals surface area contributed by atoms with Gasteiger partial charge < -0.3 is 5.32 Å². The van der Waals surface area contributed by atoms with Crippen LogP contribution in [-0.4, -0.2) is 13.1 Å². The molecule has 1 aliphatic carbocycles. The SMILES string of the molecule is CNC1CCCCC1Cc1ccc(F)cc1C. The van der Waals surface area contributed by atoms with Crippen LogP contribution in [0.25, 0.3) is 0 Å². The van der Waals surface area contributed by atoms with Crippen molar-refractivity contribution in [3.05, 3.63) is 35.1 Å². The van der Waals surface area contributed by atoms with E-state index in [1.54, 1.807) is 12.1 Å². The summed E-state index contributed by atoms with van der Waals surface area (Å²) < 4.78 is 13.1. The van der Waals surface area contributed by atoms with Crippen LogP contribution < -0.4 is 5.32 Å². The molecule has 0 heterocycles. The van der Waals surface area contributed by atoms with Gasteiger partial charge in [-0.3, -0.25) is 0 Å². The lowest BCUT2D eigenvalue weighted by Crippen LogP contribution is -2.37. The number of rotatable bonds is 3. The van der Waals surface area contributed by atoms with Crippen molar-refractivity contribution in [1.29, 1.82) is 0 Å². The fourth-order valence-electron chi connectivity index (χ4n) is 3.00. The van der Waals surface area contributed by atoms with E-state index in [0.29, 0.717) is 12.0 Å². The largest absolute Gasteiger partial charge is 0.317 e. The number of halogens is 1. The lowest BCUT2D eigenvalue weighted by atomic mass is 9.80. The average molecular weight is 235 g/mol. The molecule has 0 saturated heterocycles. The van der Waals surface area contributed by atoms with Crippen LogP contribution in [0.15, 0.2) is 18.2 Å². The molecule has 2 atom stereocenters. The van der Waals surface area contributed by atoms with Crippen LogP contribution in [0.5, 0.6) is 0 Å². The number of nitrogens with one attached hydrogen (secondary N) is 1. The highest BCUT2D eigenvalue weighted by Crippen LogP contribution is 2.28. The molecule has 2 unspecified atom stereocenters. The first-order valence-corrected chi connectivity index (χ1v) is 6.63. The number of benzene rings is 1. The van der Waals surface area contributed by atoms with E-state index in [1.807, 2.05) is 13.0 Å². The molecule has 94 valence electrons. The minimum Gasteiger partial charge on any atom is -0.317 e. The van der Waals surface area contributed by atoms with Crippen molar-refractivity contribution >= 4 is 0 Å². The summed E-state index contributed by atoms with van der Waals surface area (Å²) in [5.74, 6) is 0.581. The molecular weight excluding hydrogens is 213 g/mol. The fraction of sp³-hybridized carbons (Fsp3) is 0.600. The Bertz CT molecular complexity index is 375. The van der Waals surface area contributed by atoms with Crippen molar-refractivity contribution in [1.82, 2.24) is 5.32 Å². The van der Waals surface area contributed by atoms with Gasteiger partial charge in [0.05, 0.1) is 0 Å². The predicted octanol–water partition coefficient (Wildman–Crippen LogP) is 3.45. The van der Waals surface area contributed by atoms with E-state index in [9.17, 15) is 4.39 Å². The Morgan fingerprint density at radius 1 is 1.29 bits per heavy atom. The topological polar surface area (TPSA) is 12.0 Å². The monoisotopic (exact) mass is 235 g/mol. The maximum Gasteiger partial charge on any atom is 0.123 e. The van der Waals surface area contributed by atoms with Crippen LogP contribution in [-0.2, 0) is 6.42 Å². The van der Waals surface area contributed by atoms with Crippen LogP contribution in [0.3, 0.4) is 0 Å². The van der Waals surface area contributed by atoms with Crippen molar-refractivity contribution in [3.8, 4) is 0 Å². The molecule has 1 nitrogen and oxygen atoms in total. The van der Waals surface area contributed by atoms with Crippen LogP contribution in [0.1, 0.15) is 36.8 Å². The van der Waals surface area contributed by atoms with Crippen LogP contribution in [0.4, 0.5) is 4.39 Å². The van der Waals surface area contributed by atoms with E-state index in [1.165, 1.54) is 31.2 Å². The standard InChI is InChI=1S/C15H22FN/c1-11-9-14(16)8-7-12(11)10-13-5-3-4-6-15(13)17-2/h7-9,13,15,17H,3-6,10H2,1-2H3.